The van der Waals surface area contributed by atoms with E-state index in [0.29, 0.717) is 6.54 Å². The number of pyridine rings is 1. The molecule has 8 heteroatoms. The van der Waals surface area contributed by atoms with Gasteiger partial charge in [-0.25, -0.2) is 0 Å². The molecular weight excluding hydrogens is 342 g/mol. The quantitative estimate of drug-likeness (QED) is 0.588. The Hall–Kier alpha value is -3.81. The van der Waals surface area contributed by atoms with Crippen molar-refractivity contribution in [2.45, 2.75) is 6.54 Å². The van der Waals surface area contributed by atoms with Gasteiger partial charge in [0, 0.05) is 31.5 Å². The fraction of sp³-hybridized carbons (Fsp3) is 0.105. The van der Waals surface area contributed by atoms with Crippen LogP contribution in [0.25, 0.3) is 16.9 Å². The van der Waals surface area contributed by atoms with Crippen molar-refractivity contribution in [1.82, 2.24) is 35.1 Å². The topological polar surface area (TPSA) is 90.5 Å². The maximum Gasteiger partial charge on any atom is 0.273 e. The highest BCUT2D eigenvalue weighted by molar-refractivity contribution is 5.91. The standard InChI is InChI=1S/C19H17N7O/c1-25-13-15(11-22-25)17-8-7-14(9-20-17)10-21-19(27)18-12-23-26(24-18)16-5-3-2-4-6-16/h2-9,11-13H,10H2,1H3,(H,21,27). The Morgan fingerprint density at radius 2 is 1.89 bits per heavy atom. The minimum absolute atomic E-state index is 0.263. The number of amides is 1. The van der Waals surface area contributed by atoms with E-state index in [0.717, 1.165) is 22.5 Å². The number of para-hydroxylation sites is 1. The fourth-order valence-electron chi connectivity index (χ4n) is 2.58. The molecule has 0 aliphatic carbocycles. The van der Waals surface area contributed by atoms with Crippen LogP contribution in [0.1, 0.15) is 16.1 Å². The van der Waals surface area contributed by atoms with Gasteiger partial charge in [-0.05, 0) is 23.8 Å². The maximum absolute atomic E-state index is 12.3. The molecule has 1 amide bonds. The number of aromatic nitrogens is 6. The highest BCUT2D eigenvalue weighted by atomic mass is 16.2. The zero-order valence-electron chi connectivity index (χ0n) is 14.6. The lowest BCUT2D eigenvalue weighted by Gasteiger charge is -2.04. The molecule has 0 saturated carbocycles. The zero-order chi connectivity index (χ0) is 18.6. The second kappa shape index (κ2) is 7.20. The van der Waals surface area contributed by atoms with Crippen LogP contribution in [-0.4, -0.2) is 35.7 Å². The molecule has 0 unspecified atom stereocenters. The number of nitrogens with one attached hydrogen (secondary N) is 1. The average Bonchev–Trinajstić information content (AvgIpc) is 3.37. The lowest BCUT2D eigenvalue weighted by molar-refractivity contribution is 0.0945. The number of rotatable bonds is 5. The van der Waals surface area contributed by atoms with E-state index < -0.39 is 0 Å². The van der Waals surface area contributed by atoms with Crippen LogP contribution < -0.4 is 5.32 Å². The summed E-state index contributed by atoms with van der Waals surface area (Å²) in [6.45, 7) is 0.358. The van der Waals surface area contributed by atoms with Crippen LogP contribution in [0.5, 0.6) is 0 Å². The van der Waals surface area contributed by atoms with Gasteiger partial charge in [-0.15, -0.1) is 5.10 Å². The van der Waals surface area contributed by atoms with Crippen LogP contribution in [0, 0.1) is 0 Å². The molecule has 4 aromatic rings. The number of nitrogens with zero attached hydrogens (tertiary/aromatic N) is 6. The zero-order valence-corrected chi connectivity index (χ0v) is 14.6. The van der Waals surface area contributed by atoms with Gasteiger partial charge in [0.25, 0.3) is 5.91 Å². The minimum atomic E-state index is -0.284. The van der Waals surface area contributed by atoms with Gasteiger partial charge < -0.3 is 5.32 Å². The molecule has 3 aromatic heterocycles. The van der Waals surface area contributed by atoms with Crippen molar-refractivity contribution < 1.29 is 4.79 Å². The van der Waals surface area contributed by atoms with Crippen LogP contribution >= 0.6 is 0 Å². The van der Waals surface area contributed by atoms with Crippen molar-refractivity contribution in [3.8, 4) is 16.9 Å². The fourth-order valence-corrected chi connectivity index (χ4v) is 2.58. The van der Waals surface area contributed by atoms with Gasteiger partial charge in [0.1, 0.15) is 0 Å². The van der Waals surface area contributed by atoms with E-state index in [1.807, 2.05) is 55.7 Å². The van der Waals surface area contributed by atoms with Crippen LogP contribution in [0.15, 0.2) is 67.3 Å². The van der Waals surface area contributed by atoms with E-state index in [9.17, 15) is 4.79 Å². The maximum atomic E-state index is 12.3. The first-order valence-corrected chi connectivity index (χ1v) is 8.39. The molecule has 3 heterocycles. The summed E-state index contributed by atoms with van der Waals surface area (Å²) in [5.41, 5.74) is 3.74. The number of carbonyl (C=O) groups is 1. The largest absolute Gasteiger partial charge is 0.346 e. The predicted octanol–water partition coefficient (Wildman–Crippen LogP) is 1.99. The van der Waals surface area contributed by atoms with E-state index in [1.165, 1.54) is 11.0 Å². The summed E-state index contributed by atoms with van der Waals surface area (Å²) in [6.07, 6.45) is 6.86. The molecule has 27 heavy (non-hydrogen) atoms. The summed E-state index contributed by atoms with van der Waals surface area (Å²) in [5.74, 6) is -0.284. The van der Waals surface area contributed by atoms with Crippen molar-refractivity contribution in [1.29, 1.82) is 0 Å². The molecular formula is C19H17N7O. The number of hydrogen-bond donors (Lipinski definition) is 1. The second-order valence-corrected chi connectivity index (χ2v) is 5.99. The lowest BCUT2D eigenvalue weighted by atomic mass is 10.2. The highest BCUT2D eigenvalue weighted by Gasteiger charge is 2.11. The van der Waals surface area contributed by atoms with Crippen LogP contribution in [-0.2, 0) is 13.6 Å². The summed E-state index contributed by atoms with van der Waals surface area (Å²) in [4.78, 5) is 18.1. The van der Waals surface area contributed by atoms with Gasteiger partial charge in [-0.2, -0.15) is 15.0 Å². The van der Waals surface area contributed by atoms with Gasteiger partial charge in [-0.1, -0.05) is 24.3 Å². The summed E-state index contributed by atoms with van der Waals surface area (Å²) in [6, 6.07) is 13.3. The number of carbonyl (C=O) groups excluding carboxylic acids is 1. The first kappa shape index (κ1) is 16.6. The summed E-state index contributed by atoms with van der Waals surface area (Å²) in [5, 5.41) is 15.3. The third-order valence-electron chi connectivity index (χ3n) is 3.99. The van der Waals surface area contributed by atoms with Crippen molar-refractivity contribution >= 4 is 5.91 Å². The van der Waals surface area contributed by atoms with Crippen LogP contribution in [0.3, 0.4) is 0 Å². The SMILES string of the molecule is Cn1cc(-c2ccc(CNC(=O)c3cnn(-c4ccccc4)n3)cn2)cn1. The molecule has 134 valence electrons. The minimum Gasteiger partial charge on any atom is -0.346 e. The molecule has 0 fully saturated rings. The molecule has 4 rings (SSSR count). The highest BCUT2D eigenvalue weighted by Crippen LogP contribution is 2.15. The molecule has 8 nitrogen and oxygen atoms in total. The average molecular weight is 359 g/mol. The lowest BCUT2D eigenvalue weighted by Crippen LogP contribution is -2.23. The Labute approximate surface area is 155 Å². The number of benzene rings is 1. The van der Waals surface area contributed by atoms with Gasteiger partial charge >= 0.3 is 0 Å². The smallest absolute Gasteiger partial charge is 0.273 e. The van der Waals surface area contributed by atoms with E-state index in [4.69, 9.17) is 0 Å². The van der Waals surface area contributed by atoms with Crippen LogP contribution in [0.2, 0.25) is 0 Å². The Kier molecular flexibility index (Phi) is 4.44. The molecule has 1 N–H and O–H groups in total. The molecule has 0 saturated heterocycles. The Morgan fingerprint density at radius 3 is 2.59 bits per heavy atom. The summed E-state index contributed by atoms with van der Waals surface area (Å²) < 4.78 is 1.73. The number of aryl methyl sites for hydroxylation is 1. The van der Waals surface area contributed by atoms with Gasteiger partial charge in [0.05, 0.1) is 23.8 Å². The summed E-state index contributed by atoms with van der Waals surface area (Å²) in [7, 11) is 1.86. The third-order valence-corrected chi connectivity index (χ3v) is 3.99. The van der Waals surface area contributed by atoms with Gasteiger partial charge in [0.15, 0.2) is 5.69 Å². The van der Waals surface area contributed by atoms with Crippen LogP contribution in [0.4, 0.5) is 0 Å². The van der Waals surface area contributed by atoms with Crippen molar-refractivity contribution in [2.24, 2.45) is 7.05 Å². The van der Waals surface area contributed by atoms with Crippen molar-refractivity contribution in [2.75, 3.05) is 0 Å². The normalized spacial score (nSPS) is 10.7. The number of hydrogen-bond acceptors (Lipinski definition) is 5. The molecule has 0 bridgehead atoms. The molecule has 0 atom stereocenters. The van der Waals surface area contributed by atoms with Gasteiger partial charge in [0.2, 0.25) is 0 Å². The van der Waals surface area contributed by atoms with E-state index in [-0.39, 0.29) is 11.6 Å². The van der Waals surface area contributed by atoms with E-state index in [2.05, 4.69) is 25.6 Å². The predicted molar refractivity (Wildman–Crippen MR) is 99.0 cm³/mol. The third kappa shape index (κ3) is 3.74. The Morgan fingerprint density at radius 1 is 1.04 bits per heavy atom. The second-order valence-electron chi connectivity index (χ2n) is 5.99. The van der Waals surface area contributed by atoms with Crippen molar-refractivity contribution in [3.63, 3.8) is 0 Å². The monoisotopic (exact) mass is 359 g/mol. The van der Waals surface area contributed by atoms with E-state index >= 15 is 0 Å². The van der Waals surface area contributed by atoms with Gasteiger partial charge in [-0.3, -0.25) is 14.5 Å². The first-order valence-electron chi connectivity index (χ1n) is 8.39. The Bertz CT molecular complexity index is 1050. The van der Waals surface area contributed by atoms with Crippen molar-refractivity contribution in [3.05, 3.63) is 78.5 Å². The van der Waals surface area contributed by atoms with E-state index in [1.54, 1.807) is 17.1 Å². The molecule has 0 aliphatic heterocycles. The molecule has 0 spiro atoms. The Balaban J connectivity index is 1.39. The molecule has 0 aliphatic rings. The summed E-state index contributed by atoms with van der Waals surface area (Å²) >= 11 is 0. The molecule has 0 radical (unpaired) electrons. The first-order chi connectivity index (χ1) is 13.2. The molecule has 1 aromatic carbocycles.